The van der Waals surface area contributed by atoms with E-state index >= 15 is 0 Å². The first-order valence-electron chi connectivity index (χ1n) is 7.80. The molecule has 0 radical (unpaired) electrons. The molecule has 1 aliphatic rings. The number of hydrogen-bond acceptors (Lipinski definition) is 5. The first-order valence-corrected chi connectivity index (χ1v) is 8.68. The predicted octanol–water partition coefficient (Wildman–Crippen LogP) is 3.08. The monoisotopic (exact) mass is 373 g/mol. The van der Waals surface area contributed by atoms with Crippen molar-refractivity contribution < 1.29 is 18.7 Å². The van der Waals surface area contributed by atoms with Crippen molar-refractivity contribution in [2.24, 2.45) is 4.99 Å². The third-order valence-electron chi connectivity index (χ3n) is 3.60. The Kier molecular flexibility index (Phi) is 5.52. The van der Waals surface area contributed by atoms with Gasteiger partial charge in [-0.05, 0) is 36.4 Å². The first kappa shape index (κ1) is 17.9. The average Bonchev–Trinajstić information content (AvgIpc) is 2.64. The molecule has 6 nitrogen and oxygen atoms in total. The van der Waals surface area contributed by atoms with E-state index in [1.807, 2.05) is 0 Å². The summed E-state index contributed by atoms with van der Waals surface area (Å²) in [6, 6.07) is 12.8. The molecular formula is C18H16FN3O3S. The van der Waals surface area contributed by atoms with Gasteiger partial charge in [-0.3, -0.25) is 9.59 Å². The van der Waals surface area contributed by atoms with Gasteiger partial charge in [0.25, 0.3) is 0 Å². The van der Waals surface area contributed by atoms with Crippen molar-refractivity contribution in [3.63, 3.8) is 0 Å². The zero-order valence-electron chi connectivity index (χ0n) is 13.9. The Labute approximate surface area is 153 Å². The maximum absolute atomic E-state index is 13.7. The van der Waals surface area contributed by atoms with E-state index in [0.717, 1.165) is 11.8 Å². The van der Waals surface area contributed by atoms with Gasteiger partial charge in [-0.15, -0.1) is 0 Å². The van der Waals surface area contributed by atoms with E-state index in [-0.39, 0.29) is 18.0 Å². The van der Waals surface area contributed by atoms with Crippen LogP contribution < -0.4 is 15.4 Å². The van der Waals surface area contributed by atoms with Gasteiger partial charge in [0.15, 0.2) is 5.17 Å². The number of methoxy groups -OCH3 is 1. The zero-order chi connectivity index (χ0) is 18.5. The van der Waals surface area contributed by atoms with Crippen LogP contribution >= 0.6 is 11.8 Å². The Morgan fingerprint density at radius 1 is 1.27 bits per heavy atom. The molecule has 0 aliphatic carbocycles. The van der Waals surface area contributed by atoms with Crippen LogP contribution in [0.3, 0.4) is 0 Å². The van der Waals surface area contributed by atoms with Crippen LogP contribution in [0.4, 0.5) is 15.8 Å². The number of thioether (sulfide) groups is 1. The summed E-state index contributed by atoms with van der Waals surface area (Å²) in [7, 11) is 1.57. The molecule has 2 amide bonds. The van der Waals surface area contributed by atoms with E-state index < -0.39 is 17.0 Å². The molecule has 26 heavy (non-hydrogen) atoms. The lowest BCUT2D eigenvalue weighted by Gasteiger charge is -2.22. The number of nitrogens with one attached hydrogen (secondary N) is 2. The Morgan fingerprint density at radius 2 is 2.00 bits per heavy atom. The molecule has 3 rings (SSSR count). The number of rotatable bonds is 4. The summed E-state index contributed by atoms with van der Waals surface area (Å²) < 4.78 is 18.8. The largest absolute Gasteiger partial charge is 0.497 e. The number of carbonyl (C=O) groups is 2. The summed E-state index contributed by atoms with van der Waals surface area (Å²) >= 11 is 1.13. The molecule has 134 valence electrons. The number of aliphatic imine (C=N–C) groups is 1. The van der Waals surface area contributed by atoms with Crippen molar-refractivity contribution >= 4 is 40.1 Å². The lowest BCUT2D eigenvalue weighted by molar-refractivity contribution is -0.123. The minimum atomic E-state index is -0.694. The Balaban J connectivity index is 1.72. The number of anilines is 1. The molecule has 2 aromatic rings. The van der Waals surface area contributed by atoms with Crippen molar-refractivity contribution in [3.8, 4) is 5.75 Å². The molecule has 8 heteroatoms. The van der Waals surface area contributed by atoms with E-state index in [4.69, 9.17) is 4.74 Å². The van der Waals surface area contributed by atoms with Crippen molar-refractivity contribution in [1.82, 2.24) is 5.32 Å². The highest BCUT2D eigenvalue weighted by Gasteiger charge is 2.30. The van der Waals surface area contributed by atoms with Gasteiger partial charge in [0.2, 0.25) is 11.8 Å². The van der Waals surface area contributed by atoms with Crippen molar-refractivity contribution in [3.05, 3.63) is 54.3 Å². The highest BCUT2D eigenvalue weighted by Crippen LogP contribution is 2.26. The zero-order valence-corrected chi connectivity index (χ0v) is 14.7. The van der Waals surface area contributed by atoms with E-state index in [1.54, 1.807) is 37.4 Å². The normalized spacial score (nSPS) is 18.3. The lowest BCUT2D eigenvalue weighted by Crippen LogP contribution is -2.42. The summed E-state index contributed by atoms with van der Waals surface area (Å²) in [4.78, 5) is 28.7. The molecule has 2 N–H and O–H groups in total. The van der Waals surface area contributed by atoms with Crippen LogP contribution in [0.1, 0.15) is 6.42 Å². The van der Waals surface area contributed by atoms with Crippen LogP contribution in [0.5, 0.6) is 5.75 Å². The number of hydrogen-bond donors (Lipinski definition) is 2. The van der Waals surface area contributed by atoms with E-state index in [0.29, 0.717) is 16.6 Å². The quantitative estimate of drug-likeness (QED) is 0.863. The van der Waals surface area contributed by atoms with Gasteiger partial charge in [-0.1, -0.05) is 23.9 Å². The Morgan fingerprint density at radius 3 is 2.69 bits per heavy atom. The minimum absolute atomic E-state index is 0.00736. The molecule has 2 aromatic carbocycles. The van der Waals surface area contributed by atoms with Gasteiger partial charge in [0, 0.05) is 6.42 Å². The second-order valence-corrected chi connectivity index (χ2v) is 6.63. The van der Waals surface area contributed by atoms with Crippen LogP contribution in [0.25, 0.3) is 0 Å². The first-order chi connectivity index (χ1) is 12.5. The molecule has 1 fully saturated rings. The maximum atomic E-state index is 13.7. The van der Waals surface area contributed by atoms with Gasteiger partial charge in [-0.2, -0.15) is 0 Å². The minimum Gasteiger partial charge on any atom is -0.497 e. The van der Waals surface area contributed by atoms with Gasteiger partial charge >= 0.3 is 0 Å². The van der Waals surface area contributed by atoms with Crippen LogP contribution in [0.2, 0.25) is 0 Å². The number of carbonyl (C=O) groups excluding carboxylic acids is 2. The molecular weight excluding hydrogens is 357 g/mol. The maximum Gasteiger partial charge on any atom is 0.238 e. The fraction of sp³-hybridized carbons (Fsp3) is 0.167. The summed E-state index contributed by atoms with van der Waals surface area (Å²) in [5.74, 6) is -0.600. The fourth-order valence-corrected chi connectivity index (χ4v) is 3.30. The molecule has 0 saturated carbocycles. The molecule has 1 atom stereocenters. The van der Waals surface area contributed by atoms with E-state index in [1.165, 1.54) is 18.2 Å². The topological polar surface area (TPSA) is 79.8 Å². The molecule has 1 aliphatic heterocycles. The number of amides is 2. The second-order valence-electron chi connectivity index (χ2n) is 5.44. The van der Waals surface area contributed by atoms with Crippen molar-refractivity contribution in [2.45, 2.75) is 11.7 Å². The third kappa shape index (κ3) is 4.40. The van der Waals surface area contributed by atoms with Gasteiger partial charge < -0.3 is 15.4 Å². The van der Waals surface area contributed by atoms with E-state index in [9.17, 15) is 14.0 Å². The predicted molar refractivity (Wildman–Crippen MR) is 99.3 cm³/mol. The molecule has 1 saturated heterocycles. The van der Waals surface area contributed by atoms with Crippen LogP contribution in [-0.4, -0.2) is 29.3 Å². The standard InChI is InChI=1S/C18H16FN3O3S/c1-25-12-8-6-11(7-9-12)20-18-22-16(23)10-15(26-18)17(24)21-14-5-3-2-4-13(14)19/h2-9,15H,10H2,1H3,(H,21,24)(H,20,22,23)/t15-/m0/s1. The SMILES string of the molecule is COc1ccc(N=C2NC(=O)C[C@@H](C(=O)Nc3ccccc3F)S2)cc1. The molecule has 0 bridgehead atoms. The summed E-state index contributed by atoms with van der Waals surface area (Å²) in [6.45, 7) is 0. The lowest BCUT2D eigenvalue weighted by atomic mass is 10.2. The summed E-state index contributed by atoms with van der Waals surface area (Å²) in [6.07, 6.45) is -0.00736. The Bertz CT molecular complexity index is 855. The fourth-order valence-electron chi connectivity index (χ4n) is 2.29. The smallest absolute Gasteiger partial charge is 0.238 e. The van der Waals surface area contributed by atoms with Crippen molar-refractivity contribution in [1.29, 1.82) is 0 Å². The highest BCUT2D eigenvalue weighted by molar-refractivity contribution is 8.15. The van der Waals surface area contributed by atoms with Crippen LogP contribution in [0.15, 0.2) is 53.5 Å². The Hall–Kier alpha value is -2.87. The highest BCUT2D eigenvalue weighted by atomic mass is 32.2. The summed E-state index contributed by atoms with van der Waals surface area (Å²) in [5.41, 5.74) is 0.696. The van der Waals surface area contributed by atoms with E-state index in [2.05, 4.69) is 15.6 Å². The number of nitrogens with zero attached hydrogens (tertiary/aromatic N) is 1. The molecule has 0 unspecified atom stereocenters. The van der Waals surface area contributed by atoms with Crippen molar-refractivity contribution in [2.75, 3.05) is 12.4 Å². The average molecular weight is 373 g/mol. The van der Waals surface area contributed by atoms with Gasteiger partial charge in [0.05, 0.1) is 18.5 Å². The van der Waals surface area contributed by atoms with Crippen LogP contribution in [-0.2, 0) is 9.59 Å². The number of para-hydroxylation sites is 1. The van der Waals surface area contributed by atoms with Gasteiger partial charge in [-0.25, -0.2) is 9.38 Å². The summed E-state index contributed by atoms with van der Waals surface area (Å²) in [5, 5.41) is 4.78. The molecule has 0 aromatic heterocycles. The number of halogens is 1. The third-order valence-corrected chi connectivity index (χ3v) is 4.68. The second kappa shape index (κ2) is 8.01. The van der Waals surface area contributed by atoms with Gasteiger partial charge in [0.1, 0.15) is 16.8 Å². The van der Waals surface area contributed by atoms with Crippen LogP contribution in [0, 0.1) is 5.82 Å². The number of ether oxygens (including phenoxy) is 1. The molecule has 1 heterocycles. The number of benzene rings is 2. The number of amidine groups is 1. The molecule has 0 spiro atoms.